The molecule has 8 N–H and O–H groups in total. The molecule has 3 aromatic heterocycles. The molecule has 0 aliphatic carbocycles. The summed E-state index contributed by atoms with van der Waals surface area (Å²) < 4.78 is 151. The number of nitrogens with zero attached hydrogens (tertiary/aromatic N) is 10. The standard InChI is InChI=1S/C41H32N10O19S6.CH4O3S/c1-18-11-25(29(66-9-6-10-74(56,57)58)15-24(18)45-50-41-44-27-16-31(73-70-68-55)36(65-3)38(37(27)71-41)76(62,63)64)46-49-34-30(72-69-67-54)12-20-13-32(75(59,60)61)26(14-21(20)35(34)52)47-48-33-19(2)22(17-42)39-43-23-7-4-5-8-28(23)51(39)40(33)53;1-5(2,3)4/h4-5,7-8,11-16,52-55H,6,9-10H2,1-3H3,(H,56,57,58)(H,59,60,61)(H,62,63,64);1H3,(H,2,3,4). The number of nitriles is 1. The molecule has 0 aliphatic heterocycles. The number of methoxy groups -OCH3 is 1. The topological polar surface area (TPSA) is 482 Å². The second kappa shape index (κ2) is 24.9. The lowest BCUT2D eigenvalue weighted by molar-refractivity contribution is -0.432. The Balaban J connectivity index is 0.00000181. The normalized spacial score (nSPS) is 12.6. The van der Waals surface area contributed by atoms with E-state index in [1.165, 1.54) is 35.6 Å². The van der Waals surface area contributed by atoms with E-state index in [1.807, 2.05) is 6.07 Å². The number of benzene rings is 5. The van der Waals surface area contributed by atoms with E-state index < -0.39 is 79.0 Å². The van der Waals surface area contributed by atoms with Crippen LogP contribution in [-0.4, -0.2) is 113 Å². The molecule has 32 nitrogen and oxygen atoms in total. The fourth-order valence-corrected chi connectivity index (χ4v) is 11.6. The fraction of sp³-hybridized carbons (Fsp3) is 0.167. The van der Waals surface area contributed by atoms with Crippen LogP contribution in [0.3, 0.4) is 0 Å². The van der Waals surface area contributed by atoms with Crippen molar-refractivity contribution in [1.82, 2.24) is 14.4 Å². The Morgan fingerprint density at radius 1 is 0.753 bits per heavy atom. The minimum Gasteiger partial charge on any atom is -0.505 e. The van der Waals surface area contributed by atoms with Crippen molar-refractivity contribution < 1.29 is 101 Å². The average molecular weight is 1260 g/mol. The van der Waals surface area contributed by atoms with Gasteiger partial charge < -0.3 is 19.7 Å². The Bertz CT molecular complexity index is 4410. The van der Waals surface area contributed by atoms with E-state index >= 15 is 0 Å². The number of para-hydroxylation sites is 2. The summed E-state index contributed by atoms with van der Waals surface area (Å²) in [6.07, 6.45) is 0.484. The smallest absolute Gasteiger partial charge is 0.299 e. The van der Waals surface area contributed by atoms with Gasteiger partial charge in [0.2, 0.25) is 11.0 Å². The molecule has 0 bridgehead atoms. The maximum atomic E-state index is 12.8. The van der Waals surface area contributed by atoms with Gasteiger partial charge in [-0.2, -0.15) is 38.9 Å². The molecular formula is C42H36N10O22S7. The van der Waals surface area contributed by atoms with Crippen molar-refractivity contribution in [2.24, 2.45) is 30.7 Å². The molecule has 0 saturated carbocycles. The molecule has 3 heterocycles. The number of pyridine rings is 1. The monoisotopic (exact) mass is 1260 g/mol. The summed E-state index contributed by atoms with van der Waals surface area (Å²) >= 11 is 1.28. The molecule has 0 radical (unpaired) electrons. The largest absolute Gasteiger partial charge is 0.505 e. The van der Waals surface area contributed by atoms with Gasteiger partial charge in [0.25, 0.3) is 40.5 Å². The zero-order chi connectivity index (χ0) is 59.4. The third-order valence-electron chi connectivity index (χ3n) is 10.6. The van der Waals surface area contributed by atoms with Crippen LogP contribution in [0.15, 0.2) is 111 Å². The van der Waals surface area contributed by atoms with Crippen LogP contribution < -0.4 is 9.47 Å². The number of aromatic hydroxyl groups is 2. The second-order valence-electron chi connectivity index (χ2n) is 16.1. The number of ether oxygens (including phenoxy) is 2. The molecule has 428 valence electrons. The highest BCUT2D eigenvalue weighted by Gasteiger charge is 2.29. The number of azo groups is 3. The third-order valence-corrected chi connectivity index (χ3v) is 15.5. The lowest BCUT2D eigenvalue weighted by Gasteiger charge is -2.13. The molecule has 0 unspecified atom stereocenters. The summed E-state index contributed by atoms with van der Waals surface area (Å²) in [4.78, 5) is 6.91. The first-order chi connectivity index (χ1) is 38.1. The number of imidazole rings is 1. The molecule has 0 saturated heterocycles. The minimum atomic E-state index is -5.13. The number of hydrogen-bond donors (Lipinski definition) is 8. The highest BCUT2D eigenvalue weighted by molar-refractivity contribution is 7.95. The fourth-order valence-electron chi connectivity index (χ4n) is 7.34. The molecular weight excluding hydrogens is 1220 g/mol. The molecule has 8 rings (SSSR count). The first kappa shape index (κ1) is 61.4. The summed E-state index contributed by atoms with van der Waals surface area (Å²) in [5.74, 6) is -2.47. The Hall–Kier alpha value is -7.21. The predicted molar refractivity (Wildman–Crippen MR) is 284 cm³/mol. The van der Waals surface area contributed by atoms with Crippen molar-refractivity contribution in [3.8, 4) is 29.2 Å². The van der Waals surface area contributed by atoms with Gasteiger partial charge in [0.15, 0.2) is 27.7 Å². The zero-order valence-electron chi connectivity index (χ0n) is 41.0. The molecule has 8 aromatic rings. The molecule has 0 fully saturated rings. The summed E-state index contributed by atoms with van der Waals surface area (Å²) in [5.41, 5.74) is 0.0305. The summed E-state index contributed by atoms with van der Waals surface area (Å²) in [5, 5.41) is 83.0. The Morgan fingerprint density at radius 3 is 2.02 bits per heavy atom. The second-order valence-corrected chi connectivity index (χ2v) is 24.3. The van der Waals surface area contributed by atoms with Crippen LogP contribution >= 0.6 is 35.4 Å². The number of hydrogen-bond acceptors (Lipinski definition) is 30. The van der Waals surface area contributed by atoms with Crippen LogP contribution in [0.5, 0.6) is 23.1 Å². The zero-order valence-corrected chi connectivity index (χ0v) is 46.7. The average Bonchev–Trinajstić information content (AvgIpc) is 4.00. The maximum Gasteiger partial charge on any atom is 0.299 e. The highest BCUT2D eigenvalue weighted by Crippen LogP contribution is 2.49. The molecule has 0 spiro atoms. The minimum absolute atomic E-state index is 0.00670. The number of fused-ring (bicyclic) bond motifs is 5. The molecule has 0 amide bonds. The van der Waals surface area contributed by atoms with Gasteiger partial charge in [-0.05, 0) is 73.7 Å². The highest BCUT2D eigenvalue weighted by atomic mass is 32.2. The Labute approximate surface area is 467 Å². The lowest BCUT2D eigenvalue weighted by Crippen LogP contribution is -2.08. The van der Waals surface area contributed by atoms with E-state index in [2.05, 4.69) is 59.4 Å². The van der Waals surface area contributed by atoms with Crippen molar-refractivity contribution >= 4 is 147 Å². The summed E-state index contributed by atoms with van der Waals surface area (Å²) in [6, 6.07) is 15.8. The van der Waals surface area contributed by atoms with Crippen molar-refractivity contribution in [3.63, 3.8) is 0 Å². The number of aryl methyl sites for hydroxylation is 1. The van der Waals surface area contributed by atoms with Crippen LogP contribution in [0, 0.1) is 25.2 Å². The van der Waals surface area contributed by atoms with Crippen LogP contribution in [0.2, 0.25) is 0 Å². The number of phenols is 1. The van der Waals surface area contributed by atoms with Gasteiger partial charge in [-0.25, -0.2) is 20.5 Å². The SMILES string of the molecule is COc1c(SOOO)cc2nc(N=Nc3cc(OCCCS(=O)(=O)O)c(N=Nc4c(SOOO)cc5cc(S(=O)(=O)O)c(N=Nc6c(C)c(C#N)c7nc8ccccc8n7c6O)cc5c4O)cc3C)sc2c1S(=O)(=O)O.CS(=O)(=O)O. The van der Waals surface area contributed by atoms with Gasteiger partial charge in [-0.1, -0.05) is 33.5 Å². The molecule has 0 aliphatic rings. The summed E-state index contributed by atoms with van der Waals surface area (Å²) in [7, 11) is -17.1. The van der Waals surface area contributed by atoms with Gasteiger partial charge in [0, 0.05) is 17.0 Å². The third kappa shape index (κ3) is 14.5. The first-order valence-corrected chi connectivity index (χ1v) is 30.2. The van der Waals surface area contributed by atoms with Crippen LogP contribution in [0.1, 0.15) is 23.1 Å². The Kier molecular flexibility index (Phi) is 18.9. The van der Waals surface area contributed by atoms with E-state index in [1.54, 1.807) is 31.2 Å². The van der Waals surface area contributed by atoms with Crippen LogP contribution in [-0.2, 0) is 59.2 Å². The number of phenolic OH excluding ortho intramolecular Hbond substituents is 1. The Morgan fingerprint density at radius 2 is 1.40 bits per heavy atom. The predicted octanol–water partition coefficient (Wildman–Crippen LogP) is 9.92. The van der Waals surface area contributed by atoms with Gasteiger partial charge >= 0.3 is 0 Å². The van der Waals surface area contributed by atoms with Crippen LogP contribution in [0.25, 0.3) is 37.7 Å². The van der Waals surface area contributed by atoms with Crippen molar-refractivity contribution in [2.75, 3.05) is 25.7 Å². The quantitative estimate of drug-likeness (QED) is 0.00878. The van der Waals surface area contributed by atoms with E-state index in [0.717, 1.165) is 19.2 Å². The van der Waals surface area contributed by atoms with Gasteiger partial charge in [0.1, 0.15) is 39.3 Å². The van der Waals surface area contributed by atoms with Crippen molar-refractivity contribution in [3.05, 3.63) is 77.4 Å². The van der Waals surface area contributed by atoms with E-state index in [0.29, 0.717) is 46.2 Å². The molecule has 39 heteroatoms. The van der Waals surface area contributed by atoms with E-state index in [4.69, 9.17) is 24.5 Å². The van der Waals surface area contributed by atoms with Crippen LogP contribution in [0.4, 0.5) is 33.6 Å². The van der Waals surface area contributed by atoms with Gasteiger partial charge in [-0.15, -0.1) is 39.4 Å². The van der Waals surface area contributed by atoms with Gasteiger partial charge in [-0.3, -0.25) is 22.6 Å². The number of rotatable bonds is 20. The summed E-state index contributed by atoms with van der Waals surface area (Å²) in [6.45, 7) is 2.65. The lowest BCUT2D eigenvalue weighted by atomic mass is 10.1. The van der Waals surface area contributed by atoms with Crippen molar-refractivity contribution in [1.29, 1.82) is 5.26 Å². The van der Waals surface area contributed by atoms with E-state index in [-0.39, 0.29) is 106 Å². The molecule has 5 aromatic carbocycles. The molecule has 0 atom stereocenters. The number of aromatic nitrogens is 3. The van der Waals surface area contributed by atoms with Gasteiger partial charge in [0.05, 0.1) is 86.5 Å². The van der Waals surface area contributed by atoms with Crippen molar-refractivity contribution in [2.45, 2.75) is 39.9 Å². The maximum absolute atomic E-state index is 12.8. The van der Waals surface area contributed by atoms with E-state index in [9.17, 15) is 62.8 Å². The molecule has 81 heavy (non-hydrogen) atoms. The number of thiazole rings is 1. The first-order valence-electron chi connectivity index (χ1n) is 21.6.